The predicted molar refractivity (Wildman–Crippen MR) is 91.6 cm³/mol. The highest BCUT2D eigenvalue weighted by molar-refractivity contribution is 8.01. The van der Waals surface area contributed by atoms with Crippen molar-refractivity contribution in [3.8, 4) is 11.8 Å². The molecule has 0 aliphatic carbocycles. The summed E-state index contributed by atoms with van der Waals surface area (Å²) in [5, 5.41) is 12.8. The van der Waals surface area contributed by atoms with E-state index in [9.17, 15) is 5.26 Å². The van der Waals surface area contributed by atoms with E-state index < -0.39 is 4.93 Å². The Hall–Kier alpha value is -2.84. The highest BCUT2D eigenvalue weighted by atomic mass is 32.2. The molecule has 0 saturated carbocycles. The summed E-state index contributed by atoms with van der Waals surface area (Å²) in [4.78, 5) is 0.0111. The number of anilines is 1. The summed E-state index contributed by atoms with van der Waals surface area (Å²) in [6, 6.07) is 17.8. The van der Waals surface area contributed by atoms with Crippen molar-refractivity contribution in [3.63, 3.8) is 0 Å². The minimum Gasteiger partial charge on any atom is -0.467 e. The summed E-state index contributed by atoms with van der Waals surface area (Å²) >= 11 is 1.47. The van der Waals surface area contributed by atoms with E-state index in [1.807, 2.05) is 60.7 Å². The Morgan fingerprint density at radius 1 is 1.13 bits per heavy atom. The van der Waals surface area contributed by atoms with Gasteiger partial charge in [0.2, 0.25) is 4.93 Å². The Bertz CT molecular complexity index is 897. The third-order valence-corrected chi connectivity index (χ3v) is 5.11. The quantitative estimate of drug-likeness (QED) is 0.775. The maximum absolute atomic E-state index is 9.68. The van der Waals surface area contributed by atoms with Crippen LogP contribution >= 0.6 is 11.8 Å². The van der Waals surface area contributed by atoms with Gasteiger partial charge in [0, 0.05) is 10.5 Å². The van der Waals surface area contributed by atoms with E-state index in [0.717, 1.165) is 21.9 Å². The first-order valence-corrected chi connectivity index (χ1v) is 7.96. The average Bonchev–Trinajstić information content (AvgIpc) is 2.68. The fraction of sp³-hybridized carbons (Fsp3) is 0.0556. The molecule has 2 aliphatic rings. The normalized spacial score (nSPS) is 21.5. The van der Waals surface area contributed by atoms with E-state index in [2.05, 4.69) is 11.4 Å². The second-order valence-electron chi connectivity index (χ2n) is 5.26. The number of hydrogen-bond donors (Lipinski definition) is 2. The molecule has 112 valence electrons. The standard InChI is InChI=1S/C18H13N3OS/c19-11-13-17(20)21-14-6-2-4-8-16(14)23-18(13)10-9-12-5-1-3-7-15(12)22-18/h1-10,21H,20H2. The lowest BCUT2D eigenvalue weighted by molar-refractivity contribution is 0.252. The van der Waals surface area contributed by atoms with Crippen LogP contribution in [0.1, 0.15) is 5.56 Å². The Balaban J connectivity index is 1.90. The molecule has 1 spiro atoms. The third kappa shape index (κ3) is 2.16. The van der Waals surface area contributed by atoms with Crippen molar-refractivity contribution in [1.29, 1.82) is 5.26 Å². The fourth-order valence-electron chi connectivity index (χ4n) is 2.70. The first-order valence-electron chi connectivity index (χ1n) is 7.14. The Labute approximate surface area is 138 Å². The number of nitrogens with two attached hydrogens (primary N) is 1. The van der Waals surface area contributed by atoms with Crippen molar-refractivity contribution in [2.24, 2.45) is 5.73 Å². The number of thioether (sulfide) groups is 1. The molecule has 2 aromatic carbocycles. The van der Waals surface area contributed by atoms with Crippen LogP contribution in [0.25, 0.3) is 6.08 Å². The molecule has 23 heavy (non-hydrogen) atoms. The van der Waals surface area contributed by atoms with E-state index >= 15 is 0 Å². The number of nitriles is 1. The van der Waals surface area contributed by atoms with Crippen molar-refractivity contribution >= 4 is 23.5 Å². The van der Waals surface area contributed by atoms with E-state index in [-0.39, 0.29) is 0 Å². The first kappa shape index (κ1) is 13.8. The summed E-state index contributed by atoms with van der Waals surface area (Å²) in [7, 11) is 0. The molecule has 0 bridgehead atoms. The SMILES string of the molecule is N#CC1=C(N)Nc2ccccc2SC12C=Cc1ccccc1O2. The molecule has 2 aromatic rings. The van der Waals surface area contributed by atoms with Crippen LogP contribution in [0, 0.1) is 11.3 Å². The van der Waals surface area contributed by atoms with E-state index in [1.165, 1.54) is 11.8 Å². The van der Waals surface area contributed by atoms with Gasteiger partial charge in [-0.05, 0) is 24.3 Å². The van der Waals surface area contributed by atoms with Gasteiger partial charge in [-0.1, -0.05) is 48.2 Å². The van der Waals surface area contributed by atoms with Gasteiger partial charge in [-0.3, -0.25) is 0 Å². The third-order valence-electron chi connectivity index (χ3n) is 3.81. The Morgan fingerprint density at radius 2 is 1.91 bits per heavy atom. The molecule has 4 nitrogen and oxygen atoms in total. The first-order chi connectivity index (χ1) is 11.2. The molecule has 2 aliphatic heterocycles. The number of nitrogens with zero attached hydrogens (tertiary/aromatic N) is 1. The molecule has 0 radical (unpaired) electrons. The summed E-state index contributed by atoms with van der Waals surface area (Å²) in [6.45, 7) is 0. The lowest BCUT2D eigenvalue weighted by atomic mass is 10.0. The zero-order valence-corrected chi connectivity index (χ0v) is 12.9. The van der Waals surface area contributed by atoms with Crippen molar-refractivity contribution < 1.29 is 4.74 Å². The molecule has 0 fully saturated rings. The van der Waals surface area contributed by atoms with Crippen molar-refractivity contribution in [1.82, 2.24) is 0 Å². The number of hydrogen-bond acceptors (Lipinski definition) is 5. The van der Waals surface area contributed by atoms with Gasteiger partial charge in [-0.2, -0.15) is 5.26 Å². The molecular weight excluding hydrogens is 306 g/mol. The maximum Gasteiger partial charge on any atom is 0.217 e. The monoisotopic (exact) mass is 319 g/mol. The van der Waals surface area contributed by atoms with E-state index in [1.54, 1.807) is 0 Å². The molecule has 4 rings (SSSR count). The largest absolute Gasteiger partial charge is 0.467 e. The Morgan fingerprint density at radius 3 is 2.78 bits per heavy atom. The molecule has 1 unspecified atom stereocenters. The van der Waals surface area contributed by atoms with Gasteiger partial charge in [0.05, 0.1) is 5.69 Å². The molecule has 0 saturated heterocycles. The van der Waals surface area contributed by atoms with Gasteiger partial charge in [0.1, 0.15) is 23.2 Å². The highest BCUT2D eigenvalue weighted by Crippen LogP contribution is 2.49. The number of fused-ring (bicyclic) bond motifs is 2. The smallest absolute Gasteiger partial charge is 0.217 e. The summed E-state index contributed by atoms with van der Waals surface area (Å²) < 4.78 is 6.25. The summed E-state index contributed by atoms with van der Waals surface area (Å²) in [5.74, 6) is 1.05. The molecule has 3 N–H and O–H groups in total. The van der Waals surface area contributed by atoms with Crippen molar-refractivity contribution in [2.45, 2.75) is 9.83 Å². The van der Waals surface area contributed by atoms with Gasteiger partial charge in [-0.25, -0.2) is 0 Å². The number of para-hydroxylation sites is 2. The maximum atomic E-state index is 9.68. The molecule has 1 atom stereocenters. The summed E-state index contributed by atoms with van der Waals surface area (Å²) in [6.07, 6.45) is 3.87. The zero-order valence-electron chi connectivity index (χ0n) is 12.1. The minimum absolute atomic E-state index is 0.314. The van der Waals surface area contributed by atoms with Crippen LogP contribution in [0.15, 0.2) is 70.9 Å². The number of rotatable bonds is 0. The topological polar surface area (TPSA) is 71.1 Å². The van der Waals surface area contributed by atoms with E-state index in [0.29, 0.717) is 11.4 Å². The minimum atomic E-state index is -0.965. The second-order valence-corrected chi connectivity index (χ2v) is 6.51. The predicted octanol–water partition coefficient (Wildman–Crippen LogP) is 3.70. The zero-order chi connectivity index (χ0) is 15.9. The Kier molecular flexibility index (Phi) is 3.07. The van der Waals surface area contributed by atoms with Gasteiger partial charge in [0.25, 0.3) is 0 Å². The molecular formula is C18H13N3OS. The lowest BCUT2D eigenvalue weighted by Crippen LogP contribution is -2.35. The van der Waals surface area contributed by atoms with Crippen LogP contribution in [0.3, 0.4) is 0 Å². The van der Waals surface area contributed by atoms with Gasteiger partial charge >= 0.3 is 0 Å². The van der Waals surface area contributed by atoms with Crippen LogP contribution in [0.5, 0.6) is 5.75 Å². The van der Waals surface area contributed by atoms with Gasteiger partial charge in [0.15, 0.2) is 0 Å². The molecule has 5 heteroatoms. The van der Waals surface area contributed by atoms with Gasteiger partial charge in [-0.15, -0.1) is 0 Å². The second kappa shape index (κ2) is 5.11. The number of benzene rings is 2. The van der Waals surface area contributed by atoms with Gasteiger partial charge < -0.3 is 15.8 Å². The highest BCUT2D eigenvalue weighted by Gasteiger charge is 2.42. The average molecular weight is 319 g/mol. The van der Waals surface area contributed by atoms with E-state index in [4.69, 9.17) is 10.5 Å². The van der Waals surface area contributed by atoms with Crippen LogP contribution < -0.4 is 15.8 Å². The van der Waals surface area contributed by atoms with Crippen LogP contribution in [0.4, 0.5) is 5.69 Å². The molecule has 0 amide bonds. The van der Waals surface area contributed by atoms with Crippen LogP contribution in [-0.4, -0.2) is 4.93 Å². The van der Waals surface area contributed by atoms with Crippen LogP contribution in [-0.2, 0) is 0 Å². The van der Waals surface area contributed by atoms with Crippen molar-refractivity contribution in [2.75, 3.05) is 5.32 Å². The lowest BCUT2D eigenvalue weighted by Gasteiger charge is -2.33. The fourth-order valence-corrected chi connectivity index (χ4v) is 3.93. The molecule has 2 heterocycles. The number of ether oxygens (including phenoxy) is 1. The summed E-state index contributed by atoms with van der Waals surface area (Å²) in [5.41, 5.74) is 8.37. The number of nitrogens with one attached hydrogen (secondary N) is 1. The van der Waals surface area contributed by atoms with Crippen LogP contribution in [0.2, 0.25) is 0 Å². The molecule has 0 aromatic heterocycles. The van der Waals surface area contributed by atoms with Crippen molar-refractivity contribution in [3.05, 3.63) is 71.6 Å².